The van der Waals surface area contributed by atoms with Crippen LogP contribution in [0.1, 0.15) is 27.5 Å². The number of benzene rings is 2. The summed E-state index contributed by atoms with van der Waals surface area (Å²) in [6.07, 6.45) is 0.968. The Kier molecular flexibility index (Phi) is 5.68. The molecule has 24 heavy (non-hydrogen) atoms. The summed E-state index contributed by atoms with van der Waals surface area (Å²) in [7, 11) is 0. The summed E-state index contributed by atoms with van der Waals surface area (Å²) < 4.78 is 5.87. The summed E-state index contributed by atoms with van der Waals surface area (Å²) in [4.78, 5) is 1.36. The Labute approximate surface area is 147 Å². The van der Waals surface area contributed by atoms with Gasteiger partial charge in [-0.3, -0.25) is 0 Å². The molecular formula is C21H23NOS. The summed E-state index contributed by atoms with van der Waals surface area (Å²) in [5, 5.41) is 2.11. The van der Waals surface area contributed by atoms with E-state index in [1.807, 2.05) is 12.1 Å². The lowest BCUT2D eigenvalue weighted by atomic mass is 9.98. The van der Waals surface area contributed by atoms with Gasteiger partial charge in [-0.2, -0.15) is 0 Å². The van der Waals surface area contributed by atoms with Crippen LogP contribution in [0.15, 0.2) is 66.0 Å². The molecule has 0 spiro atoms. The fraction of sp³-hybridized carbons (Fsp3) is 0.238. The quantitative estimate of drug-likeness (QED) is 0.664. The Bertz CT molecular complexity index is 733. The first-order chi connectivity index (χ1) is 11.7. The summed E-state index contributed by atoms with van der Waals surface area (Å²) in [6, 6.07) is 21.1. The minimum absolute atomic E-state index is 0.393. The molecular weight excluding hydrogens is 314 g/mol. The molecule has 0 aliphatic heterocycles. The van der Waals surface area contributed by atoms with Crippen molar-refractivity contribution in [1.82, 2.24) is 0 Å². The minimum Gasteiger partial charge on any atom is -0.489 e. The molecule has 0 amide bonds. The molecule has 3 heteroatoms. The lowest BCUT2D eigenvalue weighted by Gasteiger charge is -2.13. The largest absolute Gasteiger partial charge is 0.489 e. The van der Waals surface area contributed by atoms with Crippen molar-refractivity contribution in [3.8, 4) is 5.75 Å². The third kappa shape index (κ3) is 4.47. The molecule has 0 saturated heterocycles. The Balaban J connectivity index is 1.57. The van der Waals surface area contributed by atoms with Crippen molar-refractivity contribution in [2.45, 2.75) is 25.9 Å². The van der Waals surface area contributed by atoms with Crippen LogP contribution < -0.4 is 10.5 Å². The molecule has 2 aromatic carbocycles. The fourth-order valence-corrected chi connectivity index (χ4v) is 3.52. The van der Waals surface area contributed by atoms with Gasteiger partial charge in [-0.15, -0.1) is 11.3 Å². The van der Waals surface area contributed by atoms with Crippen LogP contribution >= 0.6 is 11.3 Å². The van der Waals surface area contributed by atoms with Gasteiger partial charge in [0.2, 0.25) is 0 Å². The number of hydrogen-bond donors (Lipinski definition) is 1. The predicted octanol–water partition coefficient (Wildman–Crippen LogP) is 4.92. The van der Waals surface area contributed by atoms with Crippen LogP contribution in [0.25, 0.3) is 0 Å². The van der Waals surface area contributed by atoms with Crippen molar-refractivity contribution in [3.63, 3.8) is 0 Å². The van der Waals surface area contributed by atoms with Crippen LogP contribution in [-0.4, -0.2) is 6.54 Å². The summed E-state index contributed by atoms with van der Waals surface area (Å²) in [6.45, 7) is 3.36. The number of thiophene rings is 1. The van der Waals surface area contributed by atoms with E-state index in [1.54, 1.807) is 11.3 Å². The number of nitrogens with two attached hydrogens (primary N) is 1. The van der Waals surface area contributed by atoms with Gasteiger partial charge in [0, 0.05) is 17.3 Å². The van der Waals surface area contributed by atoms with Gasteiger partial charge in [-0.05, 0) is 48.1 Å². The first kappa shape index (κ1) is 16.7. The lowest BCUT2D eigenvalue weighted by Crippen LogP contribution is -2.13. The maximum atomic E-state index is 5.95. The third-order valence-electron chi connectivity index (χ3n) is 4.16. The number of aryl methyl sites for hydroxylation is 1. The monoisotopic (exact) mass is 337 g/mol. The van der Waals surface area contributed by atoms with Crippen LogP contribution in [0.4, 0.5) is 0 Å². The second-order valence-electron chi connectivity index (χ2n) is 6.07. The lowest BCUT2D eigenvalue weighted by molar-refractivity contribution is 0.306. The van der Waals surface area contributed by atoms with Crippen molar-refractivity contribution in [3.05, 3.63) is 87.6 Å². The van der Waals surface area contributed by atoms with Crippen LogP contribution in [0, 0.1) is 6.92 Å². The molecule has 2 N–H and O–H groups in total. The number of rotatable bonds is 7. The van der Waals surface area contributed by atoms with Gasteiger partial charge >= 0.3 is 0 Å². The highest BCUT2D eigenvalue weighted by atomic mass is 32.1. The van der Waals surface area contributed by atoms with Crippen molar-refractivity contribution in [2.24, 2.45) is 5.73 Å². The summed E-state index contributed by atoms with van der Waals surface area (Å²) in [5.41, 5.74) is 9.69. The van der Waals surface area contributed by atoms with E-state index >= 15 is 0 Å². The fourth-order valence-electron chi connectivity index (χ4n) is 2.68. The molecule has 1 heterocycles. The highest BCUT2D eigenvalue weighted by Gasteiger charge is 2.11. The Hall–Kier alpha value is -2.10. The smallest absolute Gasteiger partial charge is 0.119 e. The van der Waals surface area contributed by atoms with Crippen LogP contribution in [0.2, 0.25) is 0 Å². The van der Waals surface area contributed by atoms with Crippen LogP contribution in [0.5, 0.6) is 5.75 Å². The van der Waals surface area contributed by atoms with Gasteiger partial charge in [-0.25, -0.2) is 0 Å². The zero-order valence-electron chi connectivity index (χ0n) is 13.9. The first-order valence-electron chi connectivity index (χ1n) is 8.25. The maximum Gasteiger partial charge on any atom is 0.119 e. The van der Waals surface area contributed by atoms with E-state index in [0.29, 0.717) is 19.1 Å². The molecule has 1 aromatic heterocycles. The van der Waals surface area contributed by atoms with Crippen molar-refractivity contribution >= 4 is 11.3 Å². The van der Waals surface area contributed by atoms with E-state index in [1.165, 1.54) is 21.6 Å². The Morgan fingerprint density at radius 2 is 1.67 bits per heavy atom. The van der Waals surface area contributed by atoms with E-state index in [2.05, 4.69) is 60.8 Å². The minimum atomic E-state index is 0.393. The molecule has 0 saturated carbocycles. The van der Waals surface area contributed by atoms with Crippen molar-refractivity contribution < 1.29 is 4.74 Å². The molecule has 0 fully saturated rings. The molecule has 3 aromatic rings. The van der Waals surface area contributed by atoms with Crippen molar-refractivity contribution in [2.75, 3.05) is 6.54 Å². The SMILES string of the molecule is Cc1ccc(COc2ccc(CC(CN)c3cccs3)cc2)cc1. The number of hydrogen-bond acceptors (Lipinski definition) is 3. The molecule has 0 aliphatic rings. The van der Waals surface area contributed by atoms with E-state index in [4.69, 9.17) is 10.5 Å². The highest BCUT2D eigenvalue weighted by Crippen LogP contribution is 2.25. The zero-order chi connectivity index (χ0) is 16.8. The predicted molar refractivity (Wildman–Crippen MR) is 102 cm³/mol. The average molecular weight is 337 g/mol. The maximum absolute atomic E-state index is 5.95. The average Bonchev–Trinajstić information content (AvgIpc) is 3.15. The Morgan fingerprint density at radius 1 is 0.958 bits per heavy atom. The molecule has 0 radical (unpaired) electrons. The second-order valence-corrected chi connectivity index (χ2v) is 7.05. The van der Waals surface area contributed by atoms with Gasteiger partial charge in [0.25, 0.3) is 0 Å². The zero-order valence-corrected chi connectivity index (χ0v) is 14.8. The van der Waals surface area contributed by atoms with Crippen LogP contribution in [0.3, 0.4) is 0 Å². The van der Waals surface area contributed by atoms with Crippen LogP contribution in [-0.2, 0) is 13.0 Å². The highest BCUT2D eigenvalue weighted by molar-refractivity contribution is 7.10. The molecule has 3 rings (SSSR count). The van der Waals surface area contributed by atoms with E-state index < -0.39 is 0 Å². The van der Waals surface area contributed by atoms with E-state index in [-0.39, 0.29) is 0 Å². The molecule has 1 unspecified atom stereocenters. The third-order valence-corrected chi connectivity index (χ3v) is 5.20. The van der Waals surface area contributed by atoms with E-state index in [0.717, 1.165) is 12.2 Å². The molecule has 2 nitrogen and oxygen atoms in total. The molecule has 0 aliphatic carbocycles. The van der Waals surface area contributed by atoms with E-state index in [9.17, 15) is 0 Å². The van der Waals surface area contributed by atoms with Gasteiger partial charge in [-0.1, -0.05) is 48.0 Å². The molecule has 0 bridgehead atoms. The Morgan fingerprint density at radius 3 is 2.29 bits per heavy atom. The first-order valence-corrected chi connectivity index (χ1v) is 9.13. The van der Waals surface area contributed by atoms with Gasteiger partial charge in [0.15, 0.2) is 0 Å². The number of ether oxygens (including phenoxy) is 1. The van der Waals surface area contributed by atoms with Gasteiger partial charge < -0.3 is 10.5 Å². The van der Waals surface area contributed by atoms with Gasteiger partial charge in [0.05, 0.1) is 0 Å². The standard InChI is InChI=1S/C21H23NOS/c1-16-4-6-18(7-5-16)15-23-20-10-8-17(9-11-20)13-19(14-22)21-3-2-12-24-21/h2-12,19H,13-15,22H2,1H3. The molecule has 124 valence electrons. The second kappa shape index (κ2) is 8.13. The molecule has 1 atom stereocenters. The summed E-state index contributed by atoms with van der Waals surface area (Å²) >= 11 is 1.78. The normalized spacial score (nSPS) is 12.1. The topological polar surface area (TPSA) is 35.2 Å². The van der Waals surface area contributed by atoms with Crippen molar-refractivity contribution in [1.29, 1.82) is 0 Å². The van der Waals surface area contributed by atoms with Gasteiger partial charge in [0.1, 0.15) is 12.4 Å². The summed E-state index contributed by atoms with van der Waals surface area (Å²) in [5.74, 6) is 1.30.